The van der Waals surface area contributed by atoms with E-state index in [0.29, 0.717) is 10.5 Å². The van der Waals surface area contributed by atoms with Crippen LogP contribution in [-0.2, 0) is 10.0 Å². The average Bonchev–Trinajstić information content (AvgIpc) is 2.33. The van der Waals surface area contributed by atoms with E-state index in [-0.39, 0.29) is 9.92 Å². The van der Waals surface area contributed by atoms with Crippen LogP contribution in [0.4, 0.5) is 14.5 Å². The van der Waals surface area contributed by atoms with E-state index >= 15 is 0 Å². The Morgan fingerprint density at radius 1 is 1.05 bits per heavy atom. The van der Waals surface area contributed by atoms with Gasteiger partial charge in [-0.05, 0) is 24.3 Å². The van der Waals surface area contributed by atoms with Crippen molar-refractivity contribution in [2.24, 2.45) is 0 Å². The van der Waals surface area contributed by atoms with Crippen LogP contribution in [-0.4, -0.2) is 8.42 Å². The minimum atomic E-state index is -4.17. The summed E-state index contributed by atoms with van der Waals surface area (Å²) in [5.74, 6) is -2.04. The molecule has 0 aliphatic carbocycles. The lowest BCUT2D eigenvalue weighted by Crippen LogP contribution is -2.15. The molecule has 112 valence electrons. The molecule has 0 bridgehead atoms. The fourth-order valence-electron chi connectivity index (χ4n) is 1.52. The normalized spacial score (nSPS) is 11.5. The Hall–Kier alpha value is -0.890. The quantitative estimate of drug-likeness (QED) is 0.778. The Kier molecular flexibility index (Phi) is 4.77. The lowest BCUT2D eigenvalue weighted by atomic mass is 10.3. The molecule has 0 unspecified atom stereocenters. The fraction of sp³-hybridized carbons (Fsp3) is 0. The average molecular weight is 417 g/mol. The predicted octanol–water partition coefficient (Wildman–Crippen LogP) is 4.83. The van der Waals surface area contributed by atoms with Crippen molar-refractivity contribution < 1.29 is 17.2 Å². The van der Waals surface area contributed by atoms with Gasteiger partial charge in [-0.3, -0.25) is 4.72 Å². The summed E-state index contributed by atoms with van der Waals surface area (Å²) in [7, 11) is -4.17. The zero-order valence-corrected chi connectivity index (χ0v) is 13.9. The van der Waals surface area contributed by atoms with E-state index in [4.69, 9.17) is 23.2 Å². The van der Waals surface area contributed by atoms with Gasteiger partial charge >= 0.3 is 0 Å². The summed E-state index contributed by atoms with van der Waals surface area (Å²) in [4.78, 5) is -0.257. The van der Waals surface area contributed by atoms with Gasteiger partial charge in [-0.25, -0.2) is 17.2 Å². The molecular weight excluding hydrogens is 411 g/mol. The number of anilines is 1. The van der Waals surface area contributed by atoms with Gasteiger partial charge in [-0.1, -0.05) is 39.1 Å². The third-order valence-corrected chi connectivity index (χ3v) is 5.05. The molecule has 1 N–H and O–H groups in total. The van der Waals surface area contributed by atoms with Crippen molar-refractivity contribution in [2.75, 3.05) is 4.72 Å². The van der Waals surface area contributed by atoms with Crippen molar-refractivity contribution in [1.29, 1.82) is 0 Å². The molecule has 0 atom stereocenters. The molecule has 0 radical (unpaired) electrons. The van der Waals surface area contributed by atoms with Crippen LogP contribution in [0.2, 0.25) is 10.0 Å². The Bertz CT molecular complexity index is 792. The largest absolute Gasteiger partial charge is 0.275 e. The highest BCUT2D eigenvalue weighted by Gasteiger charge is 2.22. The summed E-state index contributed by atoms with van der Waals surface area (Å²) < 4.78 is 53.5. The smallest absolute Gasteiger partial charge is 0.263 e. The number of rotatable bonds is 3. The van der Waals surface area contributed by atoms with Crippen LogP contribution in [0.3, 0.4) is 0 Å². The maximum absolute atomic E-state index is 13.6. The van der Waals surface area contributed by atoms with E-state index in [1.807, 2.05) is 4.72 Å². The van der Waals surface area contributed by atoms with Crippen molar-refractivity contribution >= 4 is 54.8 Å². The molecule has 0 fully saturated rings. The van der Waals surface area contributed by atoms with E-state index in [0.717, 1.165) is 6.07 Å². The molecule has 0 aliphatic rings. The number of hydrogen-bond acceptors (Lipinski definition) is 2. The van der Waals surface area contributed by atoms with E-state index in [1.54, 1.807) is 0 Å². The molecule has 0 saturated heterocycles. The molecule has 0 aliphatic heterocycles. The van der Waals surface area contributed by atoms with Gasteiger partial charge in [-0.2, -0.15) is 0 Å². The second-order valence-electron chi connectivity index (χ2n) is 3.92. The SMILES string of the molecule is O=S(=O)(Nc1c(F)cc(F)cc1Cl)c1ccc(Br)cc1Cl. The summed E-state index contributed by atoms with van der Waals surface area (Å²) in [6, 6.07) is 5.39. The molecule has 2 aromatic carbocycles. The fourth-order valence-corrected chi connectivity index (χ4v) is 3.95. The molecule has 21 heavy (non-hydrogen) atoms. The van der Waals surface area contributed by atoms with Crippen LogP contribution in [0, 0.1) is 11.6 Å². The highest BCUT2D eigenvalue weighted by atomic mass is 79.9. The van der Waals surface area contributed by atoms with Crippen LogP contribution in [0.1, 0.15) is 0 Å². The van der Waals surface area contributed by atoms with Gasteiger partial charge in [0.15, 0.2) is 5.82 Å². The van der Waals surface area contributed by atoms with Crippen LogP contribution in [0.5, 0.6) is 0 Å². The minimum absolute atomic E-state index is 0.0597. The predicted molar refractivity (Wildman–Crippen MR) is 81.3 cm³/mol. The highest BCUT2D eigenvalue weighted by molar-refractivity contribution is 9.10. The van der Waals surface area contributed by atoms with Crippen molar-refractivity contribution in [1.82, 2.24) is 0 Å². The van der Waals surface area contributed by atoms with E-state index < -0.39 is 32.4 Å². The maximum Gasteiger partial charge on any atom is 0.263 e. The van der Waals surface area contributed by atoms with E-state index in [1.165, 1.54) is 18.2 Å². The Labute approximate surface area is 138 Å². The van der Waals surface area contributed by atoms with Crippen LogP contribution in [0.15, 0.2) is 39.7 Å². The van der Waals surface area contributed by atoms with Crippen molar-refractivity contribution in [3.8, 4) is 0 Å². The van der Waals surface area contributed by atoms with Gasteiger partial charge in [0.05, 0.1) is 10.0 Å². The minimum Gasteiger partial charge on any atom is -0.275 e. The number of nitrogens with one attached hydrogen (secondary N) is 1. The van der Waals surface area contributed by atoms with Crippen molar-refractivity contribution in [2.45, 2.75) is 4.90 Å². The summed E-state index contributed by atoms with van der Waals surface area (Å²) >= 11 is 14.6. The lowest BCUT2D eigenvalue weighted by molar-refractivity contribution is 0.583. The zero-order valence-electron chi connectivity index (χ0n) is 10.0. The highest BCUT2D eigenvalue weighted by Crippen LogP contribution is 2.31. The van der Waals surface area contributed by atoms with Crippen molar-refractivity contribution in [3.63, 3.8) is 0 Å². The first-order chi connectivity index (χ1) is 9.70. The Morgan fingerprint density at radius 2 is 1.71 bits per heavy atom. The zero-order chi connectivity index (χ0) is 15.8. The standard InChI is InChI=1S/C12H6BrCl2F2NO2S/c13-6-1-2-11(8(14)3-6)21(19,20)18-12-9(15)4-7(16)5-10(12)17/h1-5,18H. The van der Waals surface area contributed by atoms with E-state index in [2.05, 4.69) is 15.9 Å². The van der Waals surface area contributed by atoms with Crippen LogP contribution >= 0.6 is 39.1 Å². The molecule has 9 heteroatoms. The lowest BCUT2D eigenvalue weighted by Gasteiger charge is -2.12. The summed E-state index contributed by atoms with van der Waals surface area (Å²) in [5.41, 5.74) is -0.544. The third-order valence-electron chi connectivity index (χ3n) is 2.43. The number of sulfonamides is 1. The molecular formula is C12H6BrCl2F2NO2S. The van der Waals surface area contributed by atoms with Gasteiger partial charge in [0.2, 0.25) is 0 Å². The van der Waals surface area contributed by atoms with Crippen LogP contribution in [0.25, 0.3) is 0 Å². The molecule has 3 nitrogen and oxygen atoms in total. The van der Waals surface area contributed by atoms with E-state index in [9.17, 15) is 17.2 Å². The Morgan fingerprint density at radius 3 is 2.29 bits per heavy atom. The van der Waals surface area contributed by atoms with Crippen LogP contribution < -0.4 is 4.72 Å². The molecule has 2 rings (SSSR count). The summed E-state index contributed by atoms with van der Waals surface area (Å²) in [5, 5.41) is -0.458. The molecule has 0 saturated carbocycles. The first-order valence-corrected chi connectivity index (χ1v) is 8.36. The molecule has 0 amide bonds. The molecule has 0 heterocycles. The maximum atomic E-state index is 13.6. The number of hydrogen-bond donors (Lipinski definition) is 1. The van der Waals surface area contributed by atoms with Gasteiger partial charge in [0, 0.05) is 10.5 Å². The first-order valence-electron chi connectivity index (χ1n) is 5.33. The molecule has 0 aromatic heterocycles. The Balaban J connectivity index is 2.47. The third kappa shape index (κ3) is 3.66. The van der Waals surface area contributed by atoms with Crippen molar-refractivity contribution in [3.05, 3.63) is 56.5 Å². The molecule has 0 spiro atoms. The number of halogens is 5. The second kappa shape index (κ2) is 6.08. The second-order valence-corrected chi connectivity index (χ2v) is 7.31. The number of benzene rings is 2. The van der Waals surface area contributed by atoms with Gasteiger partial charge < -0.3 is 0 Å². The molecule has 2 aromatic rings. The van der Waals surface area contributed by atoms with Gasteiger partial charge in [-0.15, -0.1) is 0 Å². The summed E-state index contributed by atoms with van der Waals surface area (Å²) in [6.45, 7) is 0. The topological polar surface area (TPSA) is 46.2 Å². The summed E-state index contributed by atoms with van der Waals surface area (Å²) in [6.07, 6.45) is 0. The van der Waals surface area contributed by atoms with Gasteiger partial charge in [0.25, 0.3) is 10.0 Å². The first kappa shape index (κ1) is 16.5. The monoisotopic (exact) mass is 415 g/mol. The van der Waals surface area contributed by atoms with Gasteiger partial charge in [0.1, 0.15) is 16.4 Å².